The van der Waals surface area contributed by atoms with Crippen LogP contribution in [0.3, 0.4) is 0 Å². The first kappa shape index (κ1) is 6.74. The predicted molar refractivity (Wildman–Crippen MR) is 32.8 cm³/mol. The molecule has 0 fully saturated rings. The second kappa shape index (κ2) is 3.91. The lowest BCUT2D eigenvalue weighted by atomic mass is 11.5. The maximum Gasteiger partial charge on any atom is 0.0458 e. The van der Waals surface area contributed by atoms with Crippen LogP contribution < -0.4 is 0 Å². The molecule has 0 saturated carbocycles. The Labute approximate surface area is 44.1 Å². The Morgan fingerprint density at radius 2 is 2.29 bits per heavy atom. The van der Waals surface area contributed by atoms with Gasteiger partial charge in [0, 0.05) is 11.2 Å². The summed E-state index contributed by atoms with van der Waals surface area (Å²) < 4.78 is 0. The van der Waals surface area contributed by atoms with E-state index in [2.05, 4.69) is 23.4 Å². The Balaban J connectivity index is 3.13. The van der Waals surface area contributed by atoms with E-state index in [9.17, 15) is 0 Å². The molecule has 0 unspecified atom stereocenters. The third-order valence-electron chi connectivity index (χ3n) is 0.409. The minimum atomic E-state index is -0.0268. The molecule has 0 radical (unpaired) electrons. The van der Waals surface area contributed by atoms with Crippen LogP contribution in [0.15, 0.2) is 5.11 Å². The molecule has 0 N–H and O–H groups in total. The lowest BCUT2D eigenvalue weighted by Gasteiger charge is -1.93. The van der Waals surface area contributed by atoms with Crippen molar-refractivity contribution >= 4 is 7.92 Å². The van der Waals surface area contributed by atoms with Gasteiger partial charge in [-0.05, 0) is 18.9 Å². The minimum Gasteiger partial charge on any atom is -0.107 e. The number of hydrogen-bond acceptors (Lipinski definition) is 1. The standard InChI is InChI=1S/C3H8N3P/c1-7(2)3-5-6-4/h3H2,1-2H3. The molecule has 0 aromatic carbocycles. The normalized spacial score (nSPS) is 8.43. The van der Waals surface area contributed by atoms with Gasteiger partial charge in [-0.15, -0.1) is 7.92 Å². The number of nitrogens with zero attached hydrogens (tertiary/aromatic N) is 3. The van der Waals surface area contributed by atoms with Crippen molar-refractivity contribution in [1.29, 1.82) is 0 Å². The number of hydrogen-bond donors (Lipinski definition) is 0. The van der Waals surface area contributed by atoms with Crippen molar-refractivity contribution in [3.05, 3.63) is 10.4 Å². The summed E-state index contributed by atoms with van der Waals surface area (Å²) in [6.07, 6.45) is 0.672. The van der Waals surface area contributed by atoms with E-state index in [1.165, 1.54) is 0 Å². The molecule has 0 aromatic heterocycles. The summed E-state index contributed by atoms with van der Waals surface area (Å²) in [5.74, 6) is 0. The summed E-state index contributed by atoms with van der Waals surface area (Å²) >= 11 is 0. The molecule has 0 aromatic rings. The molecule has 0 aliphatic carbocycles. The molecule has 0 amide bonds. The Morgan fingerprint density at radius 1 is 1.71 bits per heavy atom. The van der Waals surface area contributed by atoms with Crippen LogP contribution in [0.4, 0.5) is 0 Å². The van der Waals surface area contributed by atoms with Gasteiger partial charge in [-0.25, -0.2) is 0 Å². The van der Waals surface area contributed by atoms with Crippen molar-refractivity contribution in [2.45, 2.75) is 0 Å². The minimum absolute atomic E-state index is 0.0268. The highest BCUT2D eigenvalue weighted by Crippen LogP contribution is 2.23. The fourth-order valence-electron chi connectivity index (χ4n) is 0.155. The third kappa shape index (κ3) is 5.74. The largest absolute Gasteiger partial charge is 0.107 e. The van der Waals surface area contributed by atoms with E-state index in [0.717, 1.165) is 0 Å². The van der Waals surface area contributed by atoms with Gasteiger partial charge in [0.2, 0.25) is 0 Å². The number of rotatable bonds is 2. The van der Waals surface area contributed by atoms with Crippen LogP contribution in [0.5, 0.6) is 0 Å². The highest BCUT2D eigenvalue weighted by Gasteiger charge is 1.83. The quantitative estimate of drug-likeness (QED) is 0.230. The van der Waals surface area contributed by atoms with Crippen molar-refractivity contribution in [2.24, 2.45) is 5.11 Å². The monoisotopic (exact) mass is 117 g/mol. The van der Waals surface area contributed by atoms with Crippen molar-refractivity contribution < 1.29 is 0 Å². The second-order valence-corrected chi connectivity index (χ2v) is 3.89. The first-order valence-corrected chi connectivity index (χ1v) is 4.35. The first-order valence-electron chi connectivity index (χ1n) is 1.93. The Kier molecular flexibility index (Phi) is 3.77. The predicted octanol–water partition coefficient (Wildman–Crippen LogP) is 2.00. The van der Waals surface area contributed by atoms with E-state index in [4.69, 9.17) is 5.53 Å². The lowest BCUT2D eigenvalue weighted by Crippen LogP contribution is -1.68. The summed E-state index contributed by atoms with van der Waals surface area (Å²) in [5.41, 5.74) is 7.78. The van der Waals surface area contributed by atoms with Crippen LogP contribution >= 0.6 is 7.92 Å². The van der Waals surface area contributed by atoms with Gasteiger partial charge in [0.1, 0.15) is 0 Å². The Bertz CT molecular complexity index is 84.2. The Morgan fingerprint density at radius 3 is 2.43 bits per heavy atom. The van der Waals surface area contributed by atoms with Gasteiger partial charge in [0.05, 0.1) is 0 Å². The molecule has 0 heterocycles. The molecule has 0 aliphatic rings. The molecule has 0 bridgehead atoms. The van der Waals surface area contributed by atoms with E-state index >= 15 is 0 Å². The van der Waals surface area contributed by atoms with Gasteiger partial charge in [-0.3, -0.25) is 0 Å². The van der Waals surface area contributed by atoms with Gasteiger partial charge >= 0.3 is 0 Å². The molecule has 0 aliphatic heterocycles. The molecule has 0 saturated heterocycles. The zero-order chi connectivity index (χ0) is 5.70. The van der Waals surface area contributed by atoms with Crippen molar-refractivity contribution in [3.8, 4) is 0 Å². The maximum atomic E-state index is 7.78. The highest BCUT2D eigenvalue weighted by molar-refractivity contribution is 7.55. The zero-order valence-corrected chi connectivity index (χ0v) is 5.39. The zero-order valence-electron chi connectivity index (χ0n) is 4.50. The lowest BCUT2D eigenvalue weighted by molar-refractivity contribution is 1.32. The summed E-state index contributed by atoms with van der Waals surface area (Å²) in [6.45, 7) is 4.15. The third-order valence-corrected chi connectivity index (χ3v) is 1.10. The van der Waals surface area contributed by atoms with Crippen LogP contribution in [-0.2, 0) is 0 Å². The van der Waals surface area contributed by atoms with E-state index in [0.29, 0.717) is 6.29 Å². The van der Waals surface area contributed by atoms with E-state index in [1.54, 1.807) is 0 Å². The van der Waals surface area contributed by atoms with E-state index in [-0.39, 0.29) is 7.92 Å². The molecule has 40 valence electrons. The van der Waals surface area contributed by atoms with Crippen LogP contribution in [0.25, 0.3) is 10.4 Å². The molecular weight excluding hydrogens is 109 g/mol. The molecule has 4 heteroatoms. The Hall–Kier alpha value is -0.260. The molecule has 0 rings (SSSR count). The fourth-order valence-corrected chi connectivity index (χ4v) is 0.464. The van der Waals surface area contributed by atoms with Gasteiger partial charge in [-0.2, -0.15) is 0 Å². The van der Waals surface area contributed by atoms with Crippen molar-refractivity contribution in [1.82, 2.24) is 0 Å². The second-order valence-electron chi connectivity index (χ2n) is 1.45. The van der Waals surface area contributed by atoms with Gasteiger partial charge in [0.15, 0.2) is 0 Å². The van der Waals surface area contributed by atoms with Crippen LogP contribution in [0.1, 0.15) is 0 Å². The SMILES string of the molecule is CP(C)CN=[N+]=[N-]. The van der Waals surface area contributed by atoms with E-state index < -0.39 is 0 Å². The maximum absolute atomic E-state index is 7.78. The summed E-state index contributed by atoms with van der Waals surface area (Å²) in [5, 5.41) is 3.38. The van der Waals surface area contributed by atoms with Gasteiger partial charge in [0.25, 0.3) is 0 Å². The molecule has 0 spiro atoms. The number of azide groups is 1. The van der Waals surface area contributed by atoms with Crippen LogP contribution in [0, 0.1) is 0 Å². The first-order chi connectivity index (χ1) is 3.27. The molecular formula is C3H8N3P. The topological polar surface area (TPSA) is 48.8 Å². The smallest absolute Gasteiger partial charge is 0.0458 e. The molecule has 7 heavy (non-hydrogen) atoms. The summed E-state index contributed by atoms with van der Waals surface area (Å²) in [6, 6.07) is 0. The van der Waals surface area contributed by atoms with Crippen LogP contribution in [-0.4, -0.2) is 19.6 Å². The average molecular weight is 117 g/mol. The summed E-state index contributed by atoms with van der Waals surface area (Å²) in [4.78, 5) is 2.62. The molecule has 3 nitrogen and oxygen atoms in total. The van der Waals surface area contributed by atoms with Crippen LogP contribution in [0.2, 0.25) is 0 Å². The van der Waals surface area contributed by atoms with Gasteiger partial charge < -0.3 is 0 Å². The fraction of sp³-hybridized carbons (Fsp3) is 1.00. The average Bonchev–Trinajstić information content (AvgIpc) is 1.61. The summed E-state index contributed by atoms with van der Waals surface area (Å²) in [7, 11) is -0.0268. The van der Waals surface area contributed by atoms with Gasteiger partial charge in [-0.1, -0.05) is 5.11 Å². The van der Waals surface area contributed by atoms with Crippen molar-refractivity contribution in [3.63, 3.8) is 0 Å². The highest BCUT2D eigenvalue weighted by atomic mass is 31.1. The molecule has 0 atom stereocenters. The van der Waals surface area contributed by atoms with Crippen molar-refractivity contribution in [2.75, 3.05) is 19.6 Å². The van der Waals surface area contributed by atoms with E-state index in [1.807, 2.05) is 0 Å².